The van der Waals surface area contributed by atoms with Crippen LogP contribution in [-0.2, 0) is 14.4 Å². The number of hydrogen-bond acceptors (Lipinski definition) is 4. The molecule has 1 unspecified atom stereocenters. The topological polar surface area (TPSA) is 47.6 Å². The number of ether oxygens (including phenoxy) is 1. The summed E-state index contributed by atoms with van der Waals surface area (Å²) in [5.74, 6) is -0.180. The van der Waals surface area contributed by atoms with E-state index in [9.17, 15) is 4.79 Å². The summed E-state index contributed by atoms with van der Waals surface area (Å²) in [6.45, 7) is 2.27. The van der Waals surface area contributed by atoms with Crippen molar-refractivity contribution in [2.75, 3.05) is 6.61 Å². The zero-order valence-corrected chi connectivity index (χ0v) is 9.75. The van der Waals surface area contributed by atoms with E-state index in [1.54, 1.807) is 0 Å². The highest BCUT2D eigenvalue weighted by atomic mass is 16.7. The highest BCUT2D eigenvalue weighted by molar-refractivity contribution is 5.77. The molecule has 1 N–H and O–H groups in total. The molecule has 1 aliphatic heterocycles. The third kappa shape index (κ3) is 1.09. The van der Waals surface area contributed by atoms with Crippen LogP contribution >= 0.6 is 0 Å². The Balaban J connectivity index is 1.90. The average Bonchev–Trinajstić information content (AvgIpc) is 2.77. The summed E-state index contributed by atoms with van der Waals surface area (Å²) in [6.07, 6.45) is 6.51. The minimum atomic E-state index is -0.377. The molecule has 1 atom stereocenters. The van der Waals surface area contributed by atoms with Gasteiger partial charge in [-0.25, -0.2) is 4.79 Å². The first-order chi connectivity index (χ1) is 7.74. The molecule has 2 aliphatic carbocycles. The Kier molecular flexibility index (Phi) is 2.27. The lowest BCUT2D eigenvalue weighted by atomic mass is 9.72. The summed E-state index contributed by atoms with van der Waals surface area (Å²) in [4.78, 5) is 17.5. The molecular formula is C12H19NO3. The van der Waals surface area contributed by atoms with Crippen molar-refractivity contribution in [2.45, 2.75) is 57.1 Å². The van der Waals surface area contributed by atoms with Gasteiger partial charge in [-0.15, -0.1) is 0 Å². The Morgan fingerprint density at radius 1 is 1.38 bits per heavy atom. The Labute approximate surface area is 95.6 Å². The molecule has 0 aromatic heterocycles. The van der Waals surface area contributed by atoms with E-state index in [0.29, 0.717) is 6.61 Å². The van der Waals surface area contributed by atoms with Gasteiger partial charge in [0.15, 0.2) is 6.10 Å². The second-order valence-electron chi connectivity index (χ2n) is 5.30. The van der Waals surface area contributed by atoms with Gasteiger partial charge in [-0.1, -0.05) is 12.8 Å². The highest BCUT2D eigenvalue weighted by Crippen LogP contribution is 2.62. The summed E-state index contributed by atoms with van der Waals surface area (Å²) in [5, 5.41) is 0. The number of carbonyl (C=O) groups excluding carboxylic acids is 1. The lowest BCUT2D eigenvalue weighted by molar-refractivity contribution is -0.162. The standard InChI is InChI=1S/C12H19NO3/c1-2-15-10(14)9-11-5-3-7-12(11,13-16-9)8-4-6-11/h9,13H,2-8H2,1H3. The smallest absolute Gasteiger partial charge is 0.338 e. The lowest BCUT2D eigenvalue weighted by Crippen LogP contribution is -2.47. The quantitative estimate of drug-likeness (QED) is 0.724. The number of hydrogen-bond donors (Lipinski definition) is 1. The minimum Gasteiger partial charge on any atom is -0.464 e. The molecule has 3 aliphatic rings. The van der Waals surface area contributed by atoms with E-state index in [4.69, 9.17) is 9.57 Å². The number of rotatable bonds is 2. The molecule has 0 amide bonds. The number of carbonyl (C=O) groups is 1. The fraction of sp³-hybridized carbons (Fsp3) is 0.917. The Bertz CT molecular complexity index is 305. The van der Waals surface area contributed by atoms with Gasteiger partial charge >= 0.3 is 5.97 Å². The first-order valence-electron chi connectivity index (χ1n) is 6.34. The summed E-state index contributed by atoms with van der Waals surface area (Å²) in [7, 11) is 0. The second-order valence-corrected chi connectivity index (χ2v) is 5.30. The van der Waals surface area contributed by atoms with Gasteiger partial charge < -0.3 is 4.74 Å². The molecule has 3 rings (SSSR count). The van der Waals surface area contributed by atoms with Crippen LogP contribution in [0, 0.1) is 5.41 Å². The van der Waals surface area contributed by atoms with Gasteiger partial charge in [0.05, 0.1) is 12.1 Å². The molecule has 0 aromatic carbocycles. The molecule has 90 valence electrons. The average molecular weight is 225 g/mol. The van der Waals surface area contributed by atoms with Crippen molar-refractivity contribution in [2.24, 2.45) is 5.41 Å². The van der Waals surface area contributed by atoms with Crippen molar-refractivity contribution in [3.05, 3.63) is 0 Å². The first kappa shape index (κ1) is 10.5. The van der Waals surface area contributed by atoms with Gasteiger partial charge in [0.2, 0.25) is 0 Å². The molecule has 0 spiro atoms. The van der Waals surface area contributed by atoms with Gasteiger partial charge in [0, 0.05) is 5.41 Å². The molecule has 0 bridgehead atoms. The normalized spacial score (nSPS) is 45.4. The van der Waals surface area contributed by atoms with Crippen molar-refractivity contribution < 1.29 is 14.4 Å². The third-order valence-corrected chi connectivity index (χ3v) is 4.78. The van der Waals surface area contributed by atoms with E-state index in [2.05, 4.69) is 5.48 Å². The Hall–Kier alpha value is -0.610. The maximum absolute atomic E-state index is 11.9. The van der Waals surface area contributed by atoms with Crippen molar-refractivity contribution in [3.63, 3.8) is 0 Å². The van der Waals surface area contributed by atoms with Crippen LogP contribution in [0.15, 0.2) is 0 Å². The Morgan fingerprint density at radius 3 is 2.69 bits per heavy atom. The van der Waals surface area contributed by atoms with Gasteiger partial charge in [-0.2, -0.15) is 5.48 Å². The summed E-state index contributed by atoms with van der Waals surface area (Å²) < 4.78 is 5.13. The molecule has 1 saturated heterocycles. The third-order valence-electron chi connectivity index (χ3n) is 4.78. The van der Waals surface area contributed by atoms with E-state index in [1.165, 1.54) is 12.8 Å². The van der Waals surface area contributed by atoms with Crippen LogP contribution in [0.1, 0.15) is 45.4 Å². The van der Waals surface area contributed by atoms with Crippen LogP contribution in [0.2, 0.25) is 0 Å². The van der Waals surface area contributed by atoms with E-state index in [1.807, 2.05) is 6.92 Å². The Morgan fingerprint density at radius 2 is 2.06 bits per heavy atom. The molecule has 1 heterocycles. The predicted molar refractivity (Wildman–Crippen MR) is 57.5 cm³/mol. The molecule has 16 heavy (non-hydrogen) atoms. The van der Waals surface area contributed by atoms with Crippen LogP contribution in [-0.4, -0.2) is 24.2 Å². The molecule has 0 aromatic rings. The second kappa shape index (κ2) is 3.44. The number of hydroxylamine groups is 1. The first-order valence-corrected chi connectivity index (χ1v) is 6.34. The monoisotopic (exact) mass is 225 g/mol. The van der Waals surface area contributed by atoms with Crippen LogP contribution < -0.4 is 5.48 Å². The van der Waals surface area contributed by atoms with Crippen LogP contribution in [0.4, 0.5) is 0 Å². The SMILES string of the molecule is CCOC(=O)C1ONC23CCCC12CCC3. The molecule has 4 heteroatoms. The largest absolute Gasteiger partial charge is 0.464 e. The fourth-order valence-electron chi connectivity index (χ4n) is 4.13. The van der Waals surface area contributed by atoms with Gasteiger partial charge in [-0.3, -0.25) is 4.84 Å². The number of esters is 1. The van der Waals surface area contributed by atoms with E-state index in [0.717, 1.165) is 25.7 Å². The molecule has 0 radical (unpaired) electrons. The van der Waals surface area contributed by atoms with Crippen molar-refractivity contribution >= 4 is 5.97 Å². The number of nitrogens with one attached hydrogen (secondary N) is 1. The highest BCUT2D eigenvalue weighted by Gasteiger charge is 2.68. The zero-order chi connectivity index (χ0) is 11.2. The maximum atomic E-state index is 11.9. The molecular weight excluding hydrogens is 206 g/mol. The van der Waals surface area contributed by atoms with Gasteiger partial charge in [-0.05, 0) is 32.6 Å². The predicted octanol–water partition coefficient (Wildman–Crippen LogP) is 1.55. The summed E-state index contributed by atoms with van der Waals surface area (Å²) >= 11 is 0. The lowest BCUT2D eigenvalue weighted by Gasteiger charge is -2.33. The van der Waals surface area contributed by atoms with Crippen molar-refractivity contribution in [3.8, 4) is 0 Å². The fourth-order valence-corrected chi connectivity index (χ4v) is 4.13. The van der Waals surface area contributed by atoms with Crippen molar-refractivity contribution in [1.82, 2.24) is 5.48 Å². The van der Waals surface area contributed by atoms with Crippen molar-refractivity contribution in [1.29, 1.82) is 0 Å². The zero-order valence-electron chi connectivity index (χ0n) is 9.75. The van der Waals surface area contributed by atoms with E-state index in [-0.39, 0.29) is 23.0 Å². The van der Waals surface area contributed by atoms with Gasteiger partial charge in [0.25, 0.3) is 0 Å². The van der Waals surface area contributed by atoms with Gasteiger partial charge in [0.1, 0.15) is 0 Å². The van der Waals surface area contributed by atoms with E-state index >= 15 is 0 Å². The molecule has 2 saturated carbocycles. The van der Waals surface area contributed by atoms with Crippen LogP contribution in [0.3, 0.4) is 0 Å². The van der Waals surface area contributed by atoms with Crippen LogP contribution in [0.25, 0.3) is 0 Å². The maximum Gasteiger partial charge on any atom is 0.338 e. The summed E-state index contributed by atoms with van der Waals surface area (Å²) in [5.41, 5.74) is 3.27. The minimum absolute atomic E-state index is 0.0270. The molecule has 3 fully saturated rings. The van der Waals surface area contributed by atoms with Crippen LogP contribution in [0.5, 0.6) is 0 Å². The summed E-state index contributed by atoms with van der Waals surface area (Å²) in [6, 6.07) is 0. The van der Waals surface area contributed by atoms with E-state index < -0.39 is 0 Å². The molecule has 4 nitrogen and oxygen atoms in total.